The molecule has 2 aliphatic rings. The van der Waals surface area contributed by atoms with Crippen molar-refractivity contribution in [3.8, 4) is 5.75 Å². The second-order valence-corrected chi connectivity index (χ2v) is 7.86. The van der Waals surface area contributed by atoms with Crippen LogP contribution in [0.2, 0.25) is 0 Å². The van der Waals surface area contributed by atoms with Gasteiger partial charge in [0.1, 0.15) is 18.0 Å². The van der Waals surface area contributed by atoms with E-state index in [-0.39, 0.29) is 25.5 Å². The van der Waals surface area contributed by atoms with Crippen molar-refractivity contribution in [2.24, 2.45) is 0 Å². The molecule has 5 nitrogen and oxygen atoms in total. The summed E-state index contributed by atoms with van der Waals surface area (Å²) in [7, 11) is 0. The van der Waals surface area contributed by atoms with Crippen molar-refractivity contribution in [1.29, 1.82) is 0 Å². The van der Waals surface area contributed by atoms with Crippen molar-refractivity contribution < 1.29 is 19.7 Å². The molecule has 1 aliphatic carbocycles. The number of carbonyl (C=O) groups excluding carboxylic acids is 1. The van der Waals surface area contributed by atoms with E-state index in [1.54, 1.807) is 4.90 Å². The zero-order chi connectivity index (χ0) is 17.9. The number of hydrogen-bond donors (Lipinski definition) is 2. The largest absolute Gasteiger partial charge is 0.491 e. The first-order valence-corrected chi connectivity index (χ1v) is 9.30. The van der Waals surface area contributed by atoms with Gasteiger partial charge in [-0.2, -0.15) is 0 Å². The predicted molar refractivity (Wildman–Crippen MR) is 95.5 cm³/mol. The highest BCUT2D eigenvalue weighted by molar-refractivity contribution is 5.77. The van der Waals surface area contributed by atoms with Crippen LogP contribution in [-0.2, 0) is 4.79 Å². The monoisotopic (exact) mass is 347 g/mol. The Balaban J connectivity index is 1.52. The average Bonchev–Trinajstić information content (AvgIpc) is 2.97. The van der Waals surface area contributed by atoms with E-state index >= 15 is 0 Å². The molecule has 1 aliphatic heterocycles. The number of β-amino-alcohol motifs (C(OH)–C–C–N with tert-alkyl or cyclic N) is 1. The number of carbonyl (C=O) groups is 1. The lowest BCUT2D eigenvalue weighted by Crippen LogP contribution is -2.43. The number of hydrogen-bond acceptors (Lipinski definition) is 4. The average molecular weight is 347 g/mol. The maximum absolute atomic E-state index is 12.5. The van der Waals surface area contributed by atoms with Gasteiger partial charge >= 0.3 is 0 Å². The van der Waals surface area contributed by atoms with Gasteiger partial charge in [-0.15, -0.1) is 0 Å². The summed E-state index contributed by atoms with van der Waals surface area (Å²) in [5.74, 6) is 0.672. The fraction of sp³-hybridized carbons (Fsp3) is 0.650. The number of aryl methyl sites for hydroxylation is 1. The molecule has 1 aromatic rings. The molecule has 25 heavy (non-hydrogen) atoms. The maximum atomic E-state index is 12.5. The van der Waals surface area contributed by atoms with E-state index < -0.39 is 11.2 Å². The first-order valence-electron chi connectivity index (χ1n) is 9.30. The highest BCUT2D eigenvalue weighted by Crippen LogP contribution is 2.32. The number of rotatable bonds is 5. The normalized spacial score (nSPS) is 25.8. The molecule has 1 heterocycles. The van der Waals surface area contributed by atoms with Gasteiger partial charge in [0.25, 0.3) is 0 Å². The number of likely N-dealkylation sites (tertiary alicyclic amines) is 1. The van der Waals surface area contributed by atoms with E-state index in [9.17, 15) is 15.0 Å². The van der Waals surface area contributed by atoms with Crippen molar-refractivity contribution in [1.82, 2.24) is 4.90 Å². The fourth-order valence-corrected chi connectivity index (χ4v) is 3.89. The smallest absolute Gasteiger partial charge is 0.225 e. The maximum Gasteiger partial charge on any atom is 0.225 e. The number of benzene rings is 1. The van der Waals surface area contributed by atoms with Crippen molar-refractivity contribution in [2.45, 2.75) is 63.1 Å². The van der Waals surface area contributed by atoms with Gasteiger partial charge < -0.3 is 19.8 Å². The van der Waals surface area contributed by atoms with E-state index in [4.69, 9.17) is 4.74 Å². The standard InChI is InChI=1S/C20H29NO4/c1-16-6-5-7-17(12-16)25-15-20(24)10-11-21(14-20)18(22)13-19(23)8-3-2-4-9-19/h5-7,12,23-24H,2-4,8-11,13-15H2,1H3/t20-/m1/s1. The number of amides is 1. The van der Waals surface area contributed by atoms with Crippen molar-refractivity contribution in [3.63, 3.8) is 0 Å². The molecular weight excluding hydrogens is 318 g/mol. The highest BCUT2D eigenvalue weighted by Gasteiger charge is 2.41. The van der Waals surface area contributed by atoms with E-state index in [1.165, 1.54) is 0 Å². The summed E-state index contributed by atoms with van der Waals surface area (Å²) < 4.78 is 5.73. The molecule has 3 rings (SSSR count). The Hall–Kier alpha value is -1.59. The van der Waals surface area contributed by atoms with Crippen molar-refractivity contribution >= 4 is 5.91 Å². The van der Waals surface area contributed by atoms with Crippen molar-refractivity contribution in [2.75, 3.05) is 19.7 Å². The summed E-state index contributed by atoms with van der Waals surface area (Å²) in [5.41, 5.74) is -0.767. The van der Waals surface area contributed by atoms with Gasteiger partial charge in [0.2, 0.25) is 5.91 Å². The summed E-state index contributed by atoms with van der Waals surface area (Å²) in [6.07, 6.45) is 5.18. The van der Waals surface area contributed by atoms with Crippen LogP contribution < -0.4 is 4.74 Å². The molecule has 1 atom stereocenters. The number of ether oxygens (including phenoxy) is 1. The van der Waals surface area contributed by atoms with Crippen LogP contribution in [0.25, 0.3) is 0 Å². The van der Waals surface area contributed by atoms with Gasteiger partial charge in [0.15, 0.2) is 0 Å². The van der Waals surface area contributed by atoms with Crippen LogP contribution in [0, 0.1) is 6.92 Å². The first-order chi connectivity index (χ1) is 11.9. The van der Waals surface area contributed by atoms with E-state index in [2.05, 4.69) is 0 Å². The Morgan fingerprint density at radius 2 is 1.92 bits per heavy atom. The molecule has 0 spiro atoms. The minimum Gasteiger partial charge on any atom is -0.491 e. The molecule has 2 fully saturated rings. The third kappa shape index (κ3) is 4.73. The Morgan fingerprint density at radius 1 is 1.16 bits per heavy atom. The lowest BCUT2D eigenvalue weighted by atomic mass is 9.82. The lowest BCUT2D eigenvalue weighted by molar-refractivity contribution is -0.138. The summed E-state index contributed by atoms with van der Waals surface area (Å²) in [5, 5.41) is 21.3. The molecule has 1 amide bonds. The summed E-state index contributed by atoms with van der Waals surface area (Å²) >= 11 is 0. The molecule has 0 unspecified atom stereocenters. The summed E-state index contributed by atoms with van der Waals surface area (Å²) in [4.78, 5) is 14.2. The van der Waals surface area contributed by atoms with Crippen LogP contribution in [0.15, 0.2) is 24.3 Å². The van der Waals surface area contributed by atoms with Gasteiger partial charge in [0, 0.05) is 6.54 Å². The zero-order valence-corrected chi connectivity index (χ0v) is 15.0. The first kappa shape index (κ1) is 18.2. The van der Waals surface area contributed by atoms with Gasteiger partial charge in [-0.25, -0.2) is 0 Å². The van der Waals surface area contributed by atoms with Crippen molar-refractivity contribution in [3.05, 3.63) is 29.8 Å². The Bertz CT molecular complexity index is 611. The zero-order valence-electron chi connectivity index (χ0n) is 15.0. The van der Waals surface area contributed by atoms with Gasteiger partial charge in [-0.3, -0.25) is 4.79 Å². The van der Waals surface area contributed by atoms with Crippen LogP contribution in [-0.4, -0.2) is 51.9 Å². The van der Waals surface area contributed by atoms with Crippen LogP contribution in [0.3, 0.4) is 0 Å². The van der Waals surface area contributed by atoms with Crippen LogP contribution in [0.4, 0.5) is 0 Å². The van der Waals surface area contributed by atoms with E-state index in [0.29, 0.717) is 25.8 Å². The topological polar surface area (TPSA) is 70.0 Å². The number of nitrogens with zero attached hydrogens (tertiary/aromatic N) is 1. The Labute approximate surface area is 149 Å². The molecule has 2 N–H and O–H groups in total. The Kier molecular flexibility index (Phi) is 5.35. The molecule has 0 aromatic heterocycles. The molecule has 1 aromatic carbocycles. The molecule has 1 saturated carbocycles. The third-order valence-corrected chi connectivity index (χ3v) is 5.45. The van der Waals surface area contributed by atoms with Crippen LogP contribution in [0.1, 0.15) is 50.5 Å². The summed E-state index contributed by atoms with van der Waals surface area (Å²) in [6, 6.07) is 7.71. The fourth-order valence-electron chi connectivity index (χ4n) is 3.89. The molecule has 0 bridgehead atoms. The predicted octanol–water partition coefficient (Wildman–Crippen LogP) is 2.42. The van der Waals surface area contributed by atoms with Gasteiger partial charge in [-0.1, -0.05) is 31.4 Å². The second kappa shape index (κ2) is 7.34. The molecule has 1 saturated heterocycles. The Morgan fingerprint density at radius 3 is 2.64 bits per heavy atom. The highest BCUT2D eigenvalue weighted by atomic mass is 16.5. The van der Waals surface area contributed by atoms with Crippen LogP contribution >= 0.6 is 0 Å². The van der Waals surface area contributed by atoms with Crippen LogP contribution in [0.5, 0.6) is 5.75 Å². The lowest BCUT2D eigenvalue weighted by Gasteiger charge is -2.33. The van der Waals surface area contributed by atoms with E-state index in [1.807, 2.05) is 31.2 Å². The molecular formula is C20H29NO4. The molecule has 138 valence electrons. The summed E-state index contributed by atoms with van der Waals surface area (Å²) in [6.45, 7) is 2.95. The van der Waals surface area contributed by atoms with E-state index in [0.717, 1.165) is 30.6 Å². The second-order valence-electron chi connectivity index (χ2n) is 7.86. The third-order valence-electron chi connectivity index (χ3n) is 5.45. The SMILES string of the molecule is Cc1cccc(OC[C@@]2(O)CCN(C(=O)CC3(O)CCCCC3)C2)c1. The quantitative estimate of drug-likeness (QED) is 0.858. The van der Waals surface area contributed by atoms with Gasteiger partial charge in [-0.05, 0) is 43.9 Å². The molecule has 5 heteroatoms. The minimum atomic E-state index is -1.02. The number of aliphatic hydroxyl groups is 2. The minimum absolute atomic E-state index is 0.0594. The van der Waals surface area contributed by atoms with Gasteiger partial charge in [0.05, 0.1) is 18.6 Å². The molecule has 0 radical (unpaired) electrons.